The first-order valence-corrected chi connectivity index (χ1v) is 7.29. The van der Waals surface area contributed by atoms with Crippen LogP contribution in [0.1, 0.15) is 33.1 Å². The summed E-state index contributed by atoms with van der Waals surface area (Å²) in [6, 6.07) is 10.4. The highest BCUT2D eigenvalue weighted by Crippen LogP contribution is 2.18. The topological polar surface area (TPSA) is 35.5 Å². The van der Waals surface area contributed by atoms with Gasteiger partial charge >= 0.3 is 0 Å². The molecule has 1 atom stereocenters. The largest absolute Gasteiger partial charge is 0.394 e. The van der Waals surface area contributed by atoms with Gasteiger partial charge < -0.3 is 15.3 Å². The number of para-hydroxylation sites is 1. The number of aliphatic hydroxyl groups is 1. The minimum absolute atomic E-state index is 0.105. The van der Waals surface area contributed by atoms with E-state index in [0.29, 0.717) is 0 Å². The van der Waals surface area contributed by atoms with Gasteiger partial charge in [0.15, 0.2) is 0 Å². The lowest BCUT2D eigenvalue weighted by Gasteiger charge is -2.32. The van der Waals surface area contributed by atoms with Gasteiger partial charge in [0.1, 0.15) is 0 Å². The molecule has 0 radical (unpaired) electrons. The van der Waals surface area contributed by atoms with Gasteiger partial charge in [0, 0.05) is 24.8 Å². The van der Waals surface area contributed by atoms with Gasteiger partial charge in [-0.25, -0.2) is 0 Å². The summed E-state index contributed by atoms with van der Waals surface area (Å²) in [5.74, 6) is 0. The van der Waals surface area contributed by atoms with Crippen LogP contribution in [0.25, 0.3) is 0 Å². The molecule has 0 saturated heterocycles. The smallest absolute Gasteiger partial charge is 0.0613 e. The van der Waals surface area contributed by atoms with E-state index in [9.17, 15) is 5.11 Å². The van der Waals surface area contributed by atoms with Crippen molar-refractivity contribution in [2.24, 2.45) is 0 Å². The molecule has 0 spiro atoms. The zero-order chi connectivity index (χ0) is 14.1. The van der Waals surface area contributed by atoms with Crippen molar-refractivity contribution in [1.29, 1.82) is 0 Å². The van der Waals surface area contributed by atoms with Gasteiger partial charge in [-0.05, 0) is 37.9 Å². The van der Waals surface area contributed by atoms with Gasteiger partial charge in [0.05, 0.1) is 6.61 Å². The van der Waals surface area contributed by atoms with Crippen molar-refractivity contribution in [3.05, 3.63) is 30.3 Å². The highest BCUT2D eigenvalue weighted by atomic mass is 16.3. The minimum Gasteiger partial charge on any atom is -0.394 e. The van der Waals surface area contributed by atoms with Gasteiger partial charge in [-0.2, -0.15) is 0 Å². The summed E-state index contributed by atoms with van der Waals surface area (Å²) >= 11 is 0. The van der Waals surface area contributed by atoms with Crippen LogP contribution in [0.15, 0.2) is 30.3 Å². The molecule has 2 N–H and O–H groups in total. The molecule has 0 fully saturated rings. The van der Waals surface area contributed by atoms with Crippen LogP contribution < -0.4 is 10.2 Å². The van der Waals surface area contributed by atoms with E-state index in [1.165, 1.54) is 5.69 Å². The molecule has 0 aliphatic carbocycles. The second kappa shape index (κ2) is 8.18. The third kappa shape index (κ3) is 4.84. The van der Waals surface area contributed by atoms with Gasteiger partial charge in [-0.1, -0.05) is 32.0 Å². The molecule has 1 aromatic carbocycles. The predicted molar refractivity (Wildman–Crippen MR) is 82.7 cm³/mol. The lowest BCUT2D eigenvalue weighted by molar-refractivity contribution is 0.147. The fraction of sp³-hybridized carbons (Fsp3) is 0.625. The van der Waals surface area contributed by atoms with E-state index >= 15 is 0 Å². The second-order valence-electron chi connectivity index (χ2n) is 5.18. The number of rotatable bonds is 9. The Kier molecular flexibility index (Phi) is 6.89. The molecule has 19 heavy (non-hydrogen) atoms. The Balaban J connectivity index is 2.44. The molecule has 0 heterocycles. The fourth-order valence-corrected chi connectivity index (χ4v) is 2.48. The standard InChI is InChI=1S/C16H28N2O/c1-4-16(14-19,17-5-2)12-9-13-18(3)15-10-7-6-8-11-15/h6-8,10-11,17,19H,4-5,9,12-14H2,1-3H3. The zero-order valence-corrected chi connectivity index (χ0v) is 12.5. The molecule has 0 bridgehead atoms. The zero-order valence-electron chi connectivity index (χ0n) is 12.5. The predicted octanol–water partition coefficient (Wildman–Crippen LogP) is 2.65. The van der Waals surface area contributed by atoms with Crippen molar-refractivity contribution in [3.8, 4) is 0 Å². The number of likely N-dealkylation sites (N-methyl/N-ethyl adjacent to an activating group) is 1. The van der Waals surface area contributed by atoms with Crippen LogP contribution in [0.4, 0.5) is 5.69 Å². The van der Waals surface area contributed by atoms with Crippen LogP contribution in [0.3, 0.4) is 0 Å². The average Bonchev–Trinajstić information content (AvgIpc) is 2.47. The molecule has 3 nitrogen and oxygen atoms in total. The van der Waals surface area contributed by atoms with E-state index in [1.54, 1.807) is 0 Å². The summed E-state index contributed by atoms with van der Waals surface area (Å²) in [5.41, 5.74) is 1.14. The molecule has 1 rings (SSSR count). The molecule has 0 aromatic heterocycles. The third-order valence-corrected chi connectivity index (χ3v) is 3.88. The van der Waals surface area contributed by atoms with E-state index in [1.807, 2.05) is 6.07 Å². The van der Waals surface area contributed by atoms with Crippen molar-refractivity contribution in [2.45, 2.75) is 38.6 Å². The Morgan fingerprint density at radius 2 is 1.89 bits per heavy atom. The maximum absolute atomic E-state index is 9.61. The summed E-state index contributed by atoms with van der Waals surface area (Å²) in [5, 5.41) is 13.1. The molecule has 108 valence electrons. The van der Waals surface area contributed by atoms with Crippen LogP contribution in [0.2, 0.25) is 0 Å². The molecular formula is C16H28N2O. The Morgan fingerprint density at radius 3 is 2.42 bits per heavy atom. The van der Waals surface area contributed by atoms with Gasteiger partial charge in [0.2, 0.25) is 0 Å². The van der Waals surface area contributed by atoms with Crippen LogP contribution >= 0.6 is 0 Å². The van der Waals surface area contributed by atoms with E-state index < -0.39 is 0 Å². The molecule has 0 amide bonds. The van der Waals surface area contributed by atoms with Crippen molar-refractivity contribution in [2.75, 3.05) is 31.6 Å². The lowest BCUT2D eigenvalue weighted by atomic mass is 9.91. The van der Waals surface area contributed by atoms with Crippen LogP contribution in [-0.2, 0) is 0 Å². The van der Waals surface area contributed by atoms with E-state index in [-0.39, 0.29) is 12.1 Å². The third-order valence-electron chi connectivity index (χ3n) is 3.88. The second-order valence-corrected chi connectivity index (χ2v) is 5.18. The summed E-state index contributed by atoms with van der Waals surface area (Å²) in [4.78, 5) is 2.27. The number of hydrogen-bond donors (Lipinski definition) is 2. The molecule has 3 heteroatoms. The Bertz CT molecular complexity index is 336. The molecule has 0 aliphatic rings. The SMILES string of the molecule is CCNC(CC)(CO)CCCN(C)c1ccccc1. The monoisotopic (exact) mass is 264 g/mol. The molecule has 0 saturated carbocycles. The average molecular weight is 264 g/mol. The number of nitrogens with one attached hydrogen (secondary N) is 1. The van der Waals surface area contributed by atoms with Crippen molar-refractivity contribution < 1.29 is 5.11 Å². The first-order chi connectivity index (χ1) is 9.17. The van der Waals surface area contributed by atoms with E-state index in [2.05, 4.69) is 55.4 Å². The van der Waals surface area contributed by atoms with Crippen molar-refractivity contribution in [3.63, 3.8) is 0 Å². The normalized spacial score (nSPS) is 14.1. The maximum atomic E-state index is 9.61. The maximum Gasteiger partial charge on any atom is 0.0613 e. The van der Waals surface area contributed by atoms with Crippen molar-refractivity contribution >= 4 is 5.69 Å². The summed E-state index contributed by atoms with van der Waals surface area (Å²) in [7, 11) is 2.12. The molecule has 0 aliphatic heterocycles. The Hall–Kier alpha value is -1.06. The van der Waals surface area contributed by atoms with Crippen molar-refractivity contribution in [1.82, 2.24) is 5.32 Å². The van der Waals surface area contributed by atoms with E-state index in [4.69, 9.17) is 0 Å². The van der Waals surface area contributed by atoms with Crippen LogP contribution in [0, 0.1) is 0 Å². The van der Waals surface area contributed by atoms with Crippen LogP contribution in [0.5, 0.6) is 0 Å². The highest BCUT2D eigenvalue weighted by molar-refractivity contribution is 5.44. The summed E-state index contributed by atoms with van der Waals surface area (Å²) in [6.07, 6.45) is 3.05. The first-order valence-electron chi connectivity index (χ1n) is 7.29. The number of hydrogen-bond acceptors (Lipinski definition) is 3. The van der Waals surface area contributed by atoms with Gasteiger partial charge in [-0.15, -0.1) is 0 Å². The number of anilines is 1. The van der Waals surface area contributed by atoms with Crippen LogP contribution in [-0.4, -0.2) is 37.4 Å². The van der Waals surface area contributed by atoms with E-state index in [0.717, 1.165) is 32.4 Å². The molecule has 1 unspecified atom stereocenters. The quantitative estimate of drug-likeness (QED) is 0.720. The highest BCUT2D eigenvalue weighted by Gasteiger charge is 2.25. The molecule has 1 aromatic rings. The van der Waals surface area contributed by atoms with Gasteiger partial charge in [-0.3, -0.25) is 0 Å². The number of benzene rings is 1. The first kappa shape index (κ1) is 16.0. The number of aliphatic hydroxyl groups excluding tert-OH is 1. The fourth-order valence-electron chi connectivity index (χ4n) is 2.48. The lowest BCUT2D eigenvalue weighted by Crippen LogP contribution is -2.48. The molecular weight excluding hydrogens is 236 g/mol. The minimum atomic E-state index is -0.105. The number of nitrogens with zero attached hydrogens (tertiary/aromatic N) is 1. The summed E-state index contributed by atoms with van der Waals surface area (Å²) < 4.78 is 0. The van der Waals surface area contributed by atoms with Gasteiger partial charge in [0.25, 0.3) is 0 Å². The Morgan fingerprint density at radius 1 is 1.21 bits per heavy atom. The Labute approximate surface area is 117 Å². The summed E-state index contributed by atoms with van der Waals surface area (Å²) in [6.45, 7) is 6.36.